The van der Waals surface area contributed by atoms with Crippen LogP contribution < -0.4 is 0 Å². The summed E-state index contributed by atoms with van der Waals surface area (Å²) in [7, 11) is 0. The molecule has 0 aliphatic carbocycles. The van der Waals surface area contributed by atoms with Crippen LogP contribution in [0.5, 0.6) is 0 Å². The van der Waals surface area contributed by atoms with Gasteiger partial charge in [0.05, 0.1) is 0 Å². The summed E-state index contributed by atoms with van der Waals surface area (Å²) in [6.07, 6.45) is 1.14. The molecule has 0 saturated carbocycles. The molecule has 0 aliphatic heterocycles. The SMILES string of the molecule is CCc1cc(C(C)C)c(C)c(C(C)C)c1. The molecule has 0 fully saturated rings. The highest BCUT2D eigenvalue weighted by atomic mass is 14.2. The molecule has 0 N–H and O–H groups in total. The summed E-state index contributed by atoms with van der Waals surface area (Å²) in [4.78, 5) is 0. The third-order valence-corrected chi connectivity index (χ3v) is 3.20. The molecule has 0 aromatic heterocycles. The predicted molar refractivity (Wildman–Crippen MR) is 68.7 cm³/mol. The fourth-order valence-corrected chi connectivity index (χ4v) is 2.23. The van der Waals surface area contributed by atoms with Crippen molar-refractivity contribution in [1.29, 1.82) is 0 Å². The first-order valence-corrected chi connectivity index (χ1v) is 6.10. The zero-order chi connectivity index (χ0) is 11.6. The summed E-state index contributed by atoms with van der Waals surface area (Å²) < 4.78 is 0. The van der Waals surface area contributed by atoms with Crippen molar-refractivity contribution in [2.75, 3.05) is 0 Å². The van der Waals surface area contributed by atoms with E-state index in [4.69, 9.17) is 0 Å². The minimum Gasteiger partial charge on any atom is -0.0613 e. The van der Waals surface area contributed by atoms with Crippen LogP contribution in [0.25, 0.3) is 0 Å². The molecule has 0 radical (unpaired) electrons. The van der Waals surface area contributed by atoms with Gasteiger partial charge in [-0.05, 0) is 47.4 Å². The molecule has 0 aliphatic rings. The van der Waals surface area contributed by atoms with Crippen LogP contribution in [0.1, 0.15) is 68.7 Å². The van der Waals surface area contributed by atoms with Gasteiger partial charge in [0.2, 0.25) is 0 Å². The van der Waals surface area contributed by atoms with Gasteiger partial charge in [-0.1, -0.05) is 46.8 Å². The maximum Gasteiger partial charge on any atom is -0.0216 e. The van der Waals surface area contributed by atoms with E-state index in [1.54, 1.807) is 0 Å². The van der Waals surface area contributed by atoms with E-state index in [1.165, 1.54) is 22.3 Å². The summed E-state index contributed by atoms with van der Waals surface area (Å²) in [6.45, 7) is 13.6. The van der Waals surface area contributed by atoms with Crippen molar-refractivity contribution in [2.24, 2.45) is 0 Å². The standard InChI is InChI=1S/C15H24/c1-7-13-8-14(10(2)3)12(6)15(9-13)11(4)5/h8-11H,7H2,1-6H3. The minimum absolute atomic E-state index is 0.633. The smallest absolute Gasteiger partial charge is 0.0216 e. The van der Waals surface area contributed by atoms with Gasteiger partial charge in [0.25, 0.3) is 0 Å². The van der Waals surface area contributed by atoms with E-state index < -0.39 is 0 Å². The van der Waals surface area contributed by atoms with E-state index >= 15 is 0 Å². The fraction of sp³-hybridized carbons (Fsp3) is 0.600. The topological polar surface area (TPSA) is 0 Å². The second-order valence-electron chi connectivity index (χ2n) is 5.06. The number of benzene rings is 1. The highest BCUT2D eigenvalue weighted by Gasteiger charge is 2.11. The Hall–Kier alpha value is -0.780. The normalized spacial score (nSPS) is 11.5. The number of hydrogen-bond acceptors (Lipinski definition) is 0. The van der Waals surface area contributed by atoms with Crippen LogP contribution >= 0.6 is 0 Å². The van der Waals surface area contributed by atoms with E-state index in [1.807, 2.05) is 0 Å². The molecule has 0 spiro atoms. The predicted octanol–water partition coefficient (Wildman–Crippen LogP) is 4.80. The summed E-state index contributed by atoms with van der Waals surface area (Å²) >= 11 is 0. The van der Waals surface area contributed by atoms with Crippen molar-refractivity contribution in [3.63, 3.8) is 0 Å². The first-order chi connectivity index (χ1) is 6.97. The van der Waals surface area contributed by atoms with Gasteiger partial charge in [-0.15, -0.1) is 0 Å². The van der Waals surface area contributed by atoms with Crippen LogP contribution in [0, 0.1) is 6.92 Å². The lowest BCUT2D eigenvalue weighted by Crippen LogP contribution is -2.01. The Balaban J connectivity index is 3.33. The average molecular weight is 204 g/mol. The van der Waals surface area contributed by atoms with Crippen molar-refractivity contribution >= 4 is 0 Å². The summed E-state index contributed by atoms with van der Waals surface area (Å²) in [5.41, 5.74) is 6.03. The molecule has 0 nitrogen and oxygen atoms in total. The number of aryl methyl sites for hydroxylation is 1. The minimum atomic E-state index is 0.633. The van der Waals surface area contributed by atoms with E-state index in [0.717, 1.165) is 6.42 Å². The molecule has 1 aromatic carbocycles. The Morgan fingerprint density at radius 1 is 0.933 bits per heavy atom. The molecule has 0 atom stereocenters. The second-order valence-corrected chi connectivity index (χ2v) is 5.06. The Kier molecular flexibility index (Phi) is 3.96. The molecule has 0 amide bonds. The Morgan fingerprint density at radius 3 is 1.60 bits per heavy atom. The zero-order valence-corrected chi connectivity index (χ0v) is 11.0. The third-order valence-electron chi connectivity index (χ3n) is 3.20. The Morgan fingerprint density at radius 2 is 1.33 bits per heavy atom. The van der Waals surface area contributed by atoms with Crippen molar-refractivity contribution in [3.05, 3.63) is 34.4 Å². The second kappa shape index (κ2) is 4.83. The molecule has 15 heavy (non-hydrogen) atoms. The largest absolute Gasteiger partial charge is 0.0613 e. The van der Waals surface area contributed by atoms with Crippen LogP contribution in [0.15, 0.2) is 12.1 Å². The zero-order valence-electron chi connectivity index (χ0n) is 11.0. The van der Waals surface area contributed by atoms with Crippen LogP contribution in [-0.4, -0.2) is 0 Å². The van der Waals surface area contributed by atoms with Gasteiger partial charge in [0.1, 0.15) is 0 Å². The first kappa shape index (κ1) is 12.3. The van der Waals surface area contributed by atoms with E-state index in [0.29, 0.717) is 11.8 Å². The van der Waals surface area contributed by atoms with Gasteiger partial charge in [0, 0.05) is 0 Å². The van der Waals surface area contributed by atoms with Gasteiger partial charge < -0.3 is 0 Å². The van der Waals surface area contributed by atoms with Crippen molar-refractivity contribution < 1.29 is 0 Å². The third kappa shape index (κ3) is 2.62. The highest BCUT2D eigenvalue weighted by molar-refractivity contribution is 5.41. The molecule has 84 valence electrons. The maximum atomic E-state index is 2.38. The monoisotopic (exact) mass is 204 g/mol. The van der Waals surface area contributed by atoms with Crippen LogP contribution in [0.4, 0.5) is 0 Å². The lowest BCUT2D eigenvalue weighted by molar-refractivity contribution is 0.811. The highest BCUT2D eigenvalue weighted by Crippen LogP contribution is 2.28. The maximum absolute atomic E-state index is 2.38. The molecule has 1 aromatic rings. The average Bonchev–Trinajstić information content (AvgIpc) is 2.17. The molecule has 1 rings (SSSR count). The Bertz CT molecular complexity index is 303. The lowest BCUT2D eigenvalue weighted by Gasteiger charge is -2.18. The number of rotatable bonds is 3. The van der Waals surface area contributed by atoms with Crippen LogP contribution in [-0.2, 0) is 6.42 Å². The van der Waals surface area contributed by atoms with E-state index in [2.05, 4.69) is 53.7 Å². The first-order valence-electron chi connectivity index (χ1n) is 6.10. The van der Waals surface area contributed by atoms with Gasteiger partial charge in [-0.3, -0.25) is 0 Å². The summed E-state index contributed by atoms with van der Waals surface area (Å²) in [5.74, 6) is 1.27. The van der Waals surface area contributed by atoms with E-state index in [-0.39, 0.29) is 0 Å². The van der Waals surface area contributed by atoms with E-state index in [9.17, 15) is 0 Å². The van der Waals surface area contributed by atoms with Crippen molar-refractivity contribution in [1.82, 2.24) is 0 Å². The van der Waals surface area contributed by atoms with Gasteiger partial charge >= 0.3 is 0 Å². The van der Waals surface area contributed by atoms with Gasteiger partial charge in [-0.25, -0.2) is 0 Å². The van der Waals surface area contributed by atoms with Crippen LogP contribution in [0.2, 0.25) is 0 Å². The molecule has 0 heteroatoms. The lowest BCUT2D eigenvalue weighted by atomic mass is 9.87. The van der Waals surface area contributed by atoms with Gasteiger partial charge in [-0.2, -0.15) is 0 Å². The quantitative estimate of drug-likeness (QED) is 0.663. The molecule has 0 bridgehead atoms. The van der Waals surface area contributed by atoms with Crippen molar-refractivity contribution in [3.8, 4) is 0 Å². The number of hydrogen-bond donors (Lipinski definition) is 0. The van der Waals surface area contributed by atoms with Gasteiger partial charge in [0.15, 0.2) is 0 Å². The van der Waals surface area contributed by atoms with Crippen LogP contribution in [0.3, 0.4) is 0 Å². The summed E-state index contributed by atoms with van der Waals surface area (Å²) in [6, 6.07) is 4.76. The fourth-order valence-electron chi connectivity index (χ4n) is 2.23. The Labute approximate surface area is 94.7 Å². The molecular weight excluding hydrogens is 180 g/mol. The molecule has 0 heterocycles. The molecular formula is C15H24. The molecule has 0 saturated heterocycles. The molecule has 0 unspecified atom stereocenters. The summed E-state index contributed by atoms with van der Waals surface area (Å²) in [5, 5.41) is 0. The van der Waals surface area contributed by atoms with Crippen molar-refractivity contribution in [2.45, 2.75) is 59.8 Å².